The molecule has 1 amide bonds. The van der Waals surface area contributed by atoms with Gasteiger partial charge in [0.2, 0.25) is 0 Å². The van der Waals surface area contributed by atoms with E-state index in [-0.39, 0.29) is 11.9 Å². The molecule has 0 aromatic carbocycles. The maximum Gasteiger partial charge on any atom is 0.274 e. The summed E-state index contributed by atoms with van der Waals surface area (Å²) in [6, 6.07) is 3.75. The molecule has 5 nitrogen and oxygen atoms in total. The van der Waals surface area contributed by atoms with Crippen molar-refractivity contribution in [3.05, 3.63) is 17.8 Å². The zero-order valence-corrected chi connectivity index (χ0v) is 13.7. The number of hydrogen-bond acceptors (Lipinski definition) is 4. The molecule has 0 radical (unpaired) electrons. The Kier molecular flexibility index (Phi) is 7.72. The second-order valence-electron chi connectivity index (χ2n) is 5.53. The molecule has 0 saturated heterocycles. The van der Waals surface area contributed by atoms with Crippen molar-refractivity contribution in [2.24, 2.45) is 0 Å². The number of carbonyl (C=O) groups excluding carboxylic acids is 1. The summed E-state index contributed by atoms with van der Waals surface area (Å²) in [7, 11) is 0. The van der Waals surface area contributed by atoms with E-state index in [4.69, 9.17) is 0 Å². The van der Waals surface area contributed by atoms with Crippen molar-refractivity contribution >= 4 is 11.7 Å². The maximum absolute atomic E-state index is 12.5. The van der Waals surface area contributed by atoms with Gasteiger partial charge in [0.25, 0.3) is 5.91 Å². The first-order chi connectivity index (χ1) is 10.1. The zero-order valence-electron chi connectivity index (χ0n) is 13.7. The predicted molar refractivity (Wildman–Crippen MR) is 86.5 cm³/mol. The number of rotatable bonds is 9. The summed E-state index contributed by atoms with van der Waals surface area (Å²) in [5, 5.41) is 11.3. The van der Waals surface area contributed by atoms with Crippen LogP contribution in [0.4, 0.5) is 5.82 Å². The summed E-state index contributed by atoms with van der Waals surface area (Å²) in [5.41, 5.74) is 0.419. The molecular formula is C16H28N4O. The number of nitrogens with zero attached hydrogens (tertiary/aromatic N) is 3. The van der Waals surface area contributed by atoms with Gasteiger partial charge in [-0.2, -0.15) is 0 Å². The molecule has 0 aliphatic carbocycles. The normalized spacial score (nSPS) is 10.7. The van der Waals surface area contributed by atoms with E-state index in [1.54, 1.807) is 6.07 Å². The molecule has 0 unspecified atom stereocenters. The number of hydrogen-bond donors (Lipinski definition) is 1. The van der Waals surface area contributed by atoms with Gasteiger partial charge in [-0.15, -0.1) is 10.2 Å². The van der Waals surface area contributed by atoms with Crippen molar-refractivity contribution in [2.45, 2.75) is 59.4 Å². The van der Waals surface area contributed by atoms with Crippen LogP contribution < -0.4 is 5.32 Å². The summed E-state index contributed by atoms with van der Waals surface area (Å²) in [4.78, 5) is 14.4. The fraction of sp³-hybridized carbons (Fsp3) is 0.688. The highest BCUT2D eigenvalue weighted by Crippen LogP contribution is 2.10. The topological polar surface area (TPSA) is 58.1 Å². The summed E-state index contributed by atoms with van der Waals surface area (Å²) in [6.45, 7) is 9.96. The number of aromatic nitrogens is 2. The first-order valence-corrected chi connectivity index (χ1v) is 7.98. The van der Waals surface area contributed by atoms with E-state index in [9.17, 15) is 4.79 Å². The summed E-state index contributed by atoms with van der Waals surface area (Å²) in [5.74, 6) is 0.686. The molecule has 5 heteroatoms. The highest BCUT2D eigenvalue weighted by molar-refractivity contribution is 5.92. The molecule has 118 valence electrons. The van der Waals surface area contributed by atoms with Crippen molar-refractivity contribution < 1.29 is 4.79 Å². The Morgan fingerprint density at radius 1 is 1.19 bits per heavy atom. The summed E-state index contributed by atoms with van der Waals surface area (Å²) >= 11 is 0. The Labute approximate surface area is 128 Å². The van der Waals surface area contributed by atoms with Crippen LogP contribution in [-0.4, -0.2) is 40.1 Å². The predicted octanol–water partition coefficient (Wildman–Crippen LogP) is 3.34. The molecule has 0 fully saturated rings. The minimum Gasteiger partial charge on any atom is -0.369 e. The molecule has 1 rings (SSSR count). The van der Waals surface area contributed by atoms with E-state index in [1.165, 1.54) is 0 Å². The number of anilines is 1. The molecule has 1 aromatic heterocycles. The number of amides is 1. The van der Waals surface area contributed by atoms with E-state index in [0.717, 1.165) is 44.6 Å². The van der Waals surface area contributed by atoms with Gasteiger partial charge in [-0.3, -0.25) is 4.79 Å². The number of carbonyl (C=O) groups is 1. The molecule has 1 heterocycles. The van der Waals surface area contributed by atoms with Crippen molar-refractivity contribution in [3.8, 4) is 0 Å². The molecule has 1 N–H and O–H groups in total. The van der Waals surface area contributed by atoms with Crippen LogP contribution in [0.3, 0.4) is 0 Å². The van der Waals surface area contributed by atoms with E-state index in [2.05, 4.69) is 29.4 Å². The highest BCUT2D eigenvalue weighted by Gasteiger charge is 2.19. The summed E-state index contributed by atoms with van der Waals surface area (Å²) in [6.07, 6.45) is 4.35. The van der Waals surface area contributed by atoms with Gasteiger partial charge in [-0.25, -0.2) is 0 Å². The van der Waals surface area contributed by atoms with Gasteiger partial charge >= 0.3 is 0 Å². The average molecular weight is 292 g/mol. The first-order valence-electron chi connectivity index (χ1n) is 7.98. The third kappa shape index (κ3) is 5.69. The molecule has 21 heavy (non-hydrogen) atoms. The van der Waals surface area contributed by atoms with Crippen LogP contribution in [0, 0.1) is 0 Å². The second kappa shape index (κ2) is 9.32. The molecule has 0 spiro atoms. The average Bonchev–Trinajstić information content (AvgIpc) is 2.49. The maximum atomic E-state index is 12.5. The Hall–Kier alpha value is -1.65. The standard InChI is InChI=1S/C16H28N4O/c1-5-7-8-12-20(13(3)4)16(21)14-9-10-15(19-18-14)17-11-6-2/h9-10,13H,5-8,11-12H2,1-4H3,(H,17,19). The molecule has 0 atom stereocenters. The van der Waals surface area contributed by atoms with E-state index < -0.39 is 0 Å². The zero-order chi connectivity index (χ0) is 15.7. The van der Waals surface area contributed by atoms with E-state index in [1.807, 2.05) is 24.8 Å². The van der Waals surface area contributed by atoms with Crippen molar-refractivity contribution in [2.75, 3.05) is 18.4 Å². The highest BCUT2D eigenvalue weighted by atomic mass is 16.2. The lowest BCUT2D eigenvalue weighted by molar-refractivity contribution is 0.0695. The second-order valence-corrected chi connectivity index (χ2v) is 5.53. The Morgan fingerprint density at radius 3 is 2.48 bits per heavy atom. The molecule has 1 aromatic rings. The van der Waals surface area contributed by atoms with Crippen LogP contribution in [0.25, 0.3) is 0 Å². The number of unbranched alkanes of at least 4 members (excludes halogenated alkanes) is 2. The van der Waals surface area contributed by atoms with Gasteiger partial charge in [0.15, 0.2) is 5.69 Å². The third-order valence-electron chi connectivity index (χ3n) is 3.33. The lowest BCUT2D eigenvalue weighted by atomic mass is 10.2. The summed E-state index contributed by atoms with van der Waals surface area (Å²) < 4.78 is 0. The quantitative estimate of drug-likeness (QED) is 0.709. The van der Waals surface area contributed by atoms with Crippen molar-refractivity contribution in [1.82, 2.24) is 15.1 Å². The van der Waals surface area contributed by atoms with Crippen LogP contribution in [0.2, 0.25) is 0 Å². The van der Waals surface area contributed by atoms with Gasteiger partial charge < -0.3 is 10.2 Å². The fourth-order valence-corrected chi connectivity index (χ4v) is 2.07. The van der Waals surface area contributed by atoms with Crippen LogP contribution in [0.15, 0.2) is 12.1 Å². The van der Waals surface area contributed by atoms with Crippen LogP contribution in [0.5, 0.6) is 0 Å². The molecule has 0 bridgehead atoms. The van der Waals surface area contributed by atoms with Gasteiger partial charge in [0.1, 0.15) is 5.82 Å². The third-order valence-corrected chi connectivity index (χ3v) is 3.33. The first kappa shape index (κ1) is 17.4. The number of nitrogens with one attached hydrogen (secondary N) is 1. The fourth-order valence-electron chi connectivity index (χ4n) is 2.07. The molecular weight excluding hydrogens is 264 g/mol. The van der Waals surface area contributed by atoms with Crippen molar-refractivity contribution in [3.63, 3.8) is 0 Å². The van der Waals surface area contributed by atoms with E-state index >= 15 is 0 Å². The molecule has 0 aliphatic rings. The van der Waals surface area contributed by atoms with E-state index in [0.29, 0.717) is 5.69 Å². The monoisotopic (exact) mass is 292 g/mol. The van der Waals surface area contributed by atoms with Gasteiger partial charge in [0.05, 0.1) is 0 Å². The SMILES string of the molecule is CCCCCN(C(=O)c1ccc(NCCC)nn1)C(C)C. The molecule has 0 aliphatic heterocycles. The lowest BCUT2D eigenvalue weighted by Gasteiger charge is -2.26. The van der Waals surface area contributed by atoms with Gasteiger partial charge in [0, 0.05) is 19.1 Å². The Bertz CT molecular complexity index is 417. The van der Waals surface area contributed by atoms with Gasteiger partial charge in [-0.1, -0.05) is 26.7 Å². The van der Waals surface area contributed by atoms with Crippen LogP contribution in [0.1, 0.15) is 63.9 Å². The smallest absolute Gasteiger partial charge is 0.274 e. The Balaban J connectivity index is 2.69. The Morgan fingerprint density at radius 2 is 1.95 bits per heavy atom. The minimum absolute atomic E-state index is 0.0318. The largest absolute Gasteiger partial charge is 0.369 e. The lowest BCUT2D eigenvalue weighted by Crippen LogP contribution is -2.38. The van der Waals surface area contributed by atoms with Crippen LogP contribution in [-0.2, 0) is 0 Å². The molecule has 0 saturated carbocycles. The van der Waals surface area contributed by atoms with Crippen molar-refractivity contribution in [1.29, 1.82) is 0 Å². The van der Waals surface area contributed by atoms with Crippen LogP contribution >= 0.6 is 0 Å². The van der Waals surface area contributed by atoms with Gasteiger partial charge in [-0.05, 0) is 38.8 Å². The minimum atomic E-state index is -0.0318.